The number of imidazole rings is 1. The lowest BCUT2D eigenvalue weighted by molar-refractivity contribution is -0.123. The van der Waals surface area contributed by atoms with Gasteiger partial charge in [-0.15, -0.1) is 0 Å². The summed E-state index contributed by atoms with van der Waals surface area (Å²) in [6.45, 7) is 4.85. The van der Waals surface area contributed by atoms with Gasteiger partial charge < -0.3 is 24.3 Å². The molecular formula is C21H28N4O7. The number of carbonyl (C=O) groups is 3. The fraction of sp³-hybridized carbons (Fsp3) is 0.429. The Morgan fingerprint density at radius 2 is 1.94 bits per heavy atom. The predicted molar refractivity (Wildman–Crippen MR) is 113 cm³/mol. The minimum atomic E-state index is -0.250. The highest BCUT2D eigenvalue weighted by Crippen LogP contribution is 2.23. The molecule has 1 aromatic heterocycles. The molecule has 2 aliphatic heterocycles. The molecular weight excluding hydrogens is 420 g/mol. The zero-order valence-corrected chi connectivity index (χ0v) is 17.7. The SMILES string of the molecule is O=C1OCC2CN(Cc3ccccc3OCCCn3ccnc3)CCN12.O=CO.O=CO. The standard InChI is InChI=1S/C19H24N4O3.2CH2O2/c24-19-23-10-9-22(13-17(23)14-26-19)12-16-4-1-2-5-18(16)25-11-3-7-21-8-6-20-15-21;2*2-1-3/h1-2,4-6,8,15,17H,3,7,9-14H2;2*1H,(H,2,3). The molecule has 1 amide bonds. The molecule has 3 heterocycles. The molecule has 1 atom stereocenters. The summed E-state index contributed by atoms with van der Waals surface area (Å²) in [6.07, 6.45) is 6.34. The minimum absolute atomic E-state index is 0.170. The third kappa shape index (κ3) is 7.58. The monoisotopic (exact) mass is 448 g/mol. The van der Waals surface area contributed by atoms with Gasteiger partial charge in [0.2, 0.25) is 0 Å². The first-order chi connectivity index (χ1) is 15.6. The first-order valence-corrected chi connectivity index (χ1v) is 10.1. The van der Waals surface area contributed by atoms with Crippen molar-refractivity contribution in [1.29, 1.82) is 0 Å². The number of nitrogens with zero attached hydrogens (tertiary/aromatic N) is 4. The van der Waals surface area contributed by atoms with Crippen molar-refractivity contribution in [3.8, 4) is 5.75 Å². The lowest BCUT2D eigenvalue weighted by atomic mass is 10.1. The van der Waals surface area contributed by atoms with Crippen LogP contribution in [0.1, 0.15) is 12.0 Å². The van der Waals surface area contributed by atoms with Crippen LogP contribution in [0.25, 0.3) is 0 Å². The van der Waals surface area contributed by atoms with Crippen LogP contribution in [-0.2, 0) is 27.4 Å². The maximum Gasteiger partial charge on any atom is 0.410 e. The smallest absolute Gasteiger partial charge is 0.410 e. The summed E-state index contributed by atoms with van der Waals surface area (Å²) in [5.41, 5.74) is 1.19. The number of aromatic nitrogens is 2. The van der Waals surface area contributed by atoms with E-state index >= 15 is 0 Å². The number of hydrogen-bond acceptors (Lipinski definition) is 7. The Morgan fingerprint density at radius 1 is 1.19 bits per heavy atom. The molecule has 2 saturated heterocycles. The quantitative estimate of drug-likeness (QED) is 0.476. The Bertz CT molecular complexity index is 825. The van der Waals surface area contributed by atoms with Gasteiger partial charge in [0.1, 0.15) is 12.4 Å². The van der Waals surface area contributed by atoms with E-state index in [1.165, 1.54) is 5.56 Å². The fourth-order valence-corrected chi connectivity index (χ4v) is 3.56. The molecule has 0 saturated carbocycles. The van der Waals surface area contributed by atoms with Gasteiger partial charge in [-0.3, -0.25) is 19.4 Å². The number of cyclic esters (lactones) is 1. The largest absolute Gasteiger partial charge is 0.493 e. The summed E-state index contributed by atoms with van der Waals surface area (Å²) in [5.74, 6) is 0.944. The lowest BCUT2D eigenvalue weighted by Crippen LogP contribution is -2.51. The average Bonchev–Trinajstić information content (AvgIpc) is 3.43. The van der Waals surface area contributed by atoms with Crippen molar-refractivity contribution in [1.82, 2.24) is 19.4 Å². The molecule has 2 aromatic rings. The maximum absolute atomic E-state index is 11.6. The van der Waals surface area contributed by atoms with E-state index in [2.05, 4.69) is 20.5 Å². The van der Waals surface area contributed by atoms with Crippen molar-refractivity contribution in [3.63, 3.8) is 0 Å². The van der Waals surface area contributed by atoms with E-state index in [0.717, 1.165) is 44.9 Å². The Hall–Kier alpha value is -3.60. The average molecular weight is 448 g/mol. The van der Waals surface area contributed by atoms with Crippen LogP contribution in [0.4, 0.5) is 4.79 Å². The highest BCUT2D eigenvalue weighted by molar-refractivity contribution is 5.70. The number of carbonyl (C=O) groups excluding carboxylic acids is 1. The Morgan fingerprint density at radius 3 is 2.66 bits per heavy atom. The molecule has 32 heavy (non-hydrogen) atoms. The van der Waals surface area contributed by atoms with Crippen LogP contribution in [0.2, 0.25) is 0 Å². The van der Waals surface area contributed by atoms with E-state index < -0.39 is 0 Å². The molecule has 174 valence electrons. The first kappa shape index (κ1) is 24.7. The molecule has 2 fully saturated rings. The Kier molecular flexibility index (Phi) is 10.5. The topological polar surface area (TPSA) is 134 Å². The molecule has 1 unspecified atom stereocenters. The van der Waals surface area contributed by atoms with Gasteiger partial charge in [0.05, 0.1) is 19.0 Å². The van der Waals surface area contributed by atoms with Crippen molar-refractivity contribution in [2.24, 2.45) is 0 Å². The molecule has 11 heteroatoms. The van der Waals surface area contributed by atoms with Gasteiger partial charge in [-0.1, -0.05) is 18.2 Å². The second-order valence-electron chi connectivity index (χ2n) is 6.98. The number of ether oxygens (including phenoxy) is 2. The number of para-hydroxylation sites is 1. The van der Waals surface area contributed by atoms with Crippen molar-refractivity contribution < 1.29 is 34.1 Å². The van der Waals surface area contributed by atoms with E-state index in [1.54, 1.807) is 6.20 Å². The van der Waals surface area contributed by atoms with Crippen LogP contribution in [0, 0.1) is 0 Å². The van der Waals surface area contributed by atoms with Gasteiger partial charge >= 0.3 is 6.09 Å². The maximum atomic E-state index is 11.6. The number of benzene rings is 1. The zero-order valence-electron chi connectivity index (χ0n) is 17.7. The van der Waals surface area contributed by atoms with E-state index in [1.807, 2.05) is 35.6 Å². The number of carboxylic acid groups (broad SMARTS) is 2. The van der Waals surface area contributed by atoms with Gasteiger partial charge in [0, 0.05) is 50.7 Å². The second-order valence-corrected chi connectivity index (χ2v) is 6.98. The number of aryl methyl sites for hydroxylation is 1. The molecule has 0 aliphatic carbocycles. The van der Waals surface area contributed by atoms with E-state index in [4.69, 9.17) is 29.3 Å². The normalized spacial score (nSPS) is 17.1. The van der Waals surface area contributed by atoms with Crippen LogP contribution in [0.5, 0.6) is 5.75 Å². The first-order valence-electron chi connectivity index (χ1n) is 10.1. The second kappa shape index (κ2) is 13.7. The molecule has 4 rings (SSSR count). The van der Waals surface area contributed by atoms with Gasteiger partial charge in [-0.2, -0.15) is 0 Å². The lowest BCUT2D eigenvalue weighted by Gasteiger charge is -2.35. The fourth-order valence-electron chi connectivity index (χ4n) is 3.56. The number of piperazine rings is 1. The van der Waals surface area contributed by atoms with Gasteiger partial charge in [0.25, 0.3) is 12.9 Å². The number of fused-ring (bicyclic) bond motifs is 1. The van der Waals surface area contributed by atoms with Crippen LogP contribution in [-0.4, -0.2) is 87.5 Å². The third-order valence-electron chi connectivity index (χ3n) is 4.94. The van der Waals surface area contributed by atoms with Crippen LogP contribution in [0.3, 0.4) is 0 Å². The highest BCUT2D eigenvalue weighted by Gasteiger charge is 2.37. The number of rotatable bonds is 7. The summed E-state index contributed by atoms with van der Waals surface area (Å²) in [4.78, 5) is 36.6. The van der Waals surface area contributed by atoms with Crippen molar-refractivity contribution in [3.05, 3.63) is 48.5 Å². The summed E-state index contributed by atoms with van der Waals surface area (Å²) in [5, 5.41) is 13.8. The molecule has 2 aliphatic rings. The third-order valence-corrected chi connectivity index (χ3v) is 4.94. The summed E-state index contributed by atoms with van der Waals surface area (Å²) < 4.78 is 13.2. The van der Waals surface area contributed by atoms with Gasteiger partial charge in [-0.25, -0.2) is 9.78 Å². The molecule has 0 spiro atoms. The Labute approximate surface area is 185 Å². The van der Waals surface area contributed by atoms with E-state index in [-0.39, 0.29) is 25.1 Å². The number of amides is 1. The van der Waals surface area contributed by atoms with Gasteiger partial charge in [-0.05, 0) is 12.5 Å². The number of hydrogen-bond donors (Lipinski definition) is 2. The van der Waals surface area contributed by atoms with Crippen LogP contribution < -0.4 is 4.74 Å². The van der Waals surface area contributed by atoms with E-state index in [9.17, 15) is 4.79 Å². The van der Waals surface area contributed by atoms with E-state index in [0.29, 0.717) is 13.2 Å². The molecule has 0 radical (unpaired) electrons. The zero-order chi connectivity index (χ0) is 23.2. The minimum Gasteiger partial charge on any atom is -0.493 e. The van der Waals surface area contributed by atoms with Crippen LogP contribution in [0.15, 0.2) is 43.0 Å². The highest BCUT2D eigenvalue weighted by atomic mass is 16.6. The molecule has 0 bridgehead atoms. The van der Waals surface area contributed by atoms with Crippen molar-refractivity contribution >= 4 is 19.0 Å². The summed E-state index contributed by atoms with van der Waals surface area (Å²) >= 11 is 0. The predicted octanol–water partition coefficient (Wildman–Crippen LogP) is 1.39. The summed E-state index contributed by atoms with van der Waals surface area (Å²) in [7, 11) is 0. The molecule has 2 N–H and O–H groups in total. The molecule has 11 nitrogen and oxygen atoms in total. The Balaban J connectivity index is 0.000000547. The molecule has 1 aromatic carbocycles. The van der Waals surface area contributed by atoms with Gasteiger partial charge in [0.15, 0.2) is 0 Å². The summed E-state index contributed by atoms with van der Waals surface area (Å²) in [6, 6.07) is 8.39. The van der Waals surface area contributed by atoms with Crippen LogP contribution >= 0.6 is 0 Å². The van der Waals surface area contributed by atoms with Crippen molar-refractivity contribution in [2.75, 3.05) is 32.8 Å². The van der Waals surface area contributed by atoms with Crippen molar-refractivity contribution in [2.45, 2.75) is 25.6 Å².